The molecule has 3 aromatic carbocycles. The monoisotopic (exact) mass is 628 g/mol. The van der Waals surface area contributed by atoms with Crippen LogP contribution < -0.4 is 9.88 Å². The Balaban J connectivity index is 0.00000271. The van der Waals surface area contributed by atoms with Gasteiger partial charge in [0, 0.05) is 31.6 Å². The van der Waals surface area contributed by atoms with E-state index in [4.69, 9.17) is 6.42 Å². The van der Waals surface area contributed by atoms with Crippen LogP contribution in [0.4, 0.5) is 0 Å². The maximum absolute atomic E-state index is 14.5. The molecule has 0 aliphatic heterocycles. The van der Waals surface area contributed by atoms with Gasteiger partial charge in [0.2, 0.25) is 23.5 Å². The molecule has 2 amide bonds. The molecule has 0 spiro atoms. The first-order valence-electron chi connectivity index (χ1n) is 16.0. The van der Waals surface area contributed by atoms with Crippen LogP contribution in [0.5, 0.6) is 0 Å². The van der Waals surface area contributed by atoms with Gasteiger partial charge in [0.15, 0.2) is 0 Å². The maximum Gasteiger partial charge on any atom is 0.269 e. The number of pyridine rings is 1. The van der Waals surface area contributed by atoms with E-state index in [2.05, 4.69) is 18.2 Å². The summed E-state index contributed by atoms with van der Waals surface area (Å²) in [5.74, 6) is 1.90. The van der Waals surface area contributed by atoms with Crippen LogP contribution in [-0.4, -0.2) is 37.6 Å². The minimum absolute atomic E-state index is 0.0231. The minimum atomic E-state index is -4.24. The zero-order valence-electron chi connectivity index (χ0n) is 27.0. The number of carbonyl (C=O) groups is 2. The molecular weight excluding hydrogens is 582 g/mol. The number of aromatic nitrogens is 1. The normalized spacial score (nSPS) is 11.0. The number of fused-ring (bicyclic) bond motifs is 2. The van der Waals surface area contributed by atoms with E-state index < -0.39 is 15.9 Å². The largest absolute Gasteiger partial charge is 0.356 e. The predicted molar refractivity (Wildman–Crippen MR) is 182 cm³/mol. The molecule has 45 heavy (non-hydrogen) atoms. The standard InChI is InChI=1S/C35H39N3O4S.C2H6/c1-4-6-7-8-13-24-36-33(39)19-14-26-38(43(41,42)28-22-20-27(3)21-23-28)35(40)34-29-15-9-11-17-31(29)37(25-5-2)32-18-12-10-16-30(32)34;1-2/h2,9-12,15-18,20-23H,4,6-8,13-14,19,24-26H2,1,3H3;1-2H3/p+1. The molecule has 0 aliphatic rings. The molecule has 0 unspecified atom stereocenters. The highest BCUT2D eigenvalue weighted by Crippen LogP contribution is 2.29. The number of rotatable bonds is 14. The van der Waals surface area contributed by atoms with Crippen molar-refractivity contribution in [2.75, 3.05) is 13.1 Å². The third kappa shape index (κ3) is 8.70. The highest BCUT2D eigenvalue weighted by molar-refractivity contribution is 7.89. The van der Waals surface area contributed by atoms with Gasteiger partial charge < -0.3 is 5.32 Å². The number of nitrogens with zero attached hydrogens (tertiary/aromatic N) is 2. The first-order chi connectivity index (χ1) is 21.8. The van der Waals surface area contributed by atoms with E-state index in [0.717, 1.165) is 46.6 Å². The molecule has 0 saturated heterocycles. The van der Waals surface area contributed by atoms with Crippen LogP contribution in [-0.2, 0) is 21.4 Å². The average molecular weight is 629 g/mol. The van der Waals surface area contributed by atoms with Crippen LogP contribution in [0, 0.1) is 19.3 Å². The van der Waals surface area contributed by atoms with Gasteiger partial charge in [0.1, 0.15) is 0 Å². The van der Waals surface area contributed by atoms with Crippen molar-refractivity contribution in [3.63, 3.8) is 0 Å². The fourth-order valence-electron chi connectivity index (χ4n) is 5.33. The van der Waals surface area contributed by atoms with Gasteiger partial charge in [0.25, 0.3) is 15.9 Å². The molecule has 7 nitrogen and oxygen atoms in total. The Bertz CT molecular complexity index is 1680. The lowest BCUT2D eigenvalue weighted by Crippen LogP contribution is -2.40. The Kier molecular flexibility index (Phi) is 13.6. The summed E-state index contributed by atoms with van der Waals surface area (Å²) in [5.41, 5.74) is 2.65. The molecule has 1 N–H and O–H groups in total. The van der Waals surface area contributed by atoms with Crippen molar-refractivity contribution in [2.45, 2.75) is 84.1 Å². The SMILES string of the molecule is C#CC[n+]1c2ccccc2c(C(=O)N(CCCC(=O)NCCCCCCC)S(=O)(=O)c2ccc(C)cc2)c2ccccc21.CC. The number of aryl methyl sites for hydroxylation is 1. The zero-order chi connectivity index (χ0) is 32.8. The molecule has 0 fully saturated rings. The van der Waals surface area contributed by atoms with Gasteiger partial charge in [0.05, 0.1) is 21.2 Å². The summed E-state index contributed by atoms with van der Waals surface area (Å²) in [6, 6.07) is 21.2. The number of benzene rings is 3. The quantitative estimate of drug-likeness (QED) is 0.0709. The van der Waals surface area contributed by atoms with Crippen LogP contribution in [0.15, 0.2) is 77.7 Å². The molecule has 0 saturated carbocycles. The average Bonchev–Trinajstić information content (AvgIpc) is 3.05. The van der Waals surface area contributed by atoms with Crippen molar-refractivity contribution in [1.82, 2.24) is 9.62 Å². The Hall–Kier alpha value is -4.22. The van der Waals surface area contributed by atoms with Crippen LogP contribution in [0.1, 0.15) is 81.6 Å². The van der Waals surface area contributed by atoms with Crippen molar-refractivity contribution in [1.29, 1.82) is 0 Å². The molecule has 0 atom stereocenters. The van der Waals surface area contributed by atoms with Crippen LogP contribution in [0.25, 0.3) is 21.8 Å². The van der Waals surface area contributed by atoms with E-state index in [1.54, 1.807) is 12.1 Å². The predicted octanol–water partition coefficient (Wildman–Crippen LogP) is 6.95. The molecule has 238 valence electrons. The van der Waals surface area contributed by atoms with Gasteiger partial charge in [-0.3, -0.25) is 9.59 Å². The second kappa shape index (κ2) is 17.3. The third-order valence-corrected chi connectivity index (χ3v) is 9.39. The third-order valence-electron chi connectivity index (χ3n) is 7.59. The smallest absolute Gasteiger partial charge is 0.269 e. The summed E-state index contributed by atoms with van der Waals surface area (Å²) >= 11 is 0. The number of amides is 2. The van der Waals surface area contributed by atoms with Crippen molar-refractivity contribution < 1.29 is 22.6 Å². The van der Waals surface area contributed by atoms with Crippen LogP contribution >= 0.6 is 0 Å². The van der Waals surface area contributed by atoms with Crippen molar-refractivity contribution in [3.8, 4) is 12.3 Å². The van der Waals surface area contributed by atoms with E-state index in [-0.39, 0.29) is 42.3 Å². The molecule has 1 heterocycles. The lowest BCUT2D eigenvalue weighted by Gasteiger charge is -2.24. The molecule has 0 bridgehead atoms. The number of para-hydroxylation sites is 2. The highest BCUT2D eigenvalue weighted by atomic mass is 32.2. The van der Waals surface area contributed by atoms with E-state index in [0.29, 0.717) is 17.3 Å². The van der Waals surface area contributed by atoms with E-state index in [1.165, 1.54) is 18.6 Å². The number of unbranched alkanes of at least 4 members (excludes halogenated alkanes) is 4. The molecule has 4 rings (SSSR count). The van der Waals surface area contributed by atoms with Gasteiger partial charge >= 0.3 is 0 Å². The minimum Gasteiger partial charge on any atom is -0.356 e. The Morgan fingerprint density at radius 1 is 0.844 bits per heavy atom. The van der Waals surface area contributed by atoms with Crippen LogP contribution in [0.2, 0.25) is 0 Å². The number of hydrogen-bond acceptors (Lipinski definition) is 4. The summed E-state index contributed by atoms with van der Waals surface area (Å²) in [6.45, 7) is 8.77. The lowest BCUT2D eigenvalue weighted by atomic mass is 10.0. The number of terminal acetylenes is 1. The van der Waals surface area contributed by atoms with Crippen molar-refractivity contribution >= 4 is 43.6 Å². The summed E-state index contributed by atoms with van der Waals surface area (Å²) in [6.07, 6.45) is 11.5. The van der Waals surface area contributed by atoms with Gasteiger partial charge in [-0.1, -0.05) is 88.4 Å². The summed E-state index contributed by atoms with van der Waals surface area (Å²) < 4.78 is 31.0. The molecule has 8 heteroatoms. The molecule has 1 aromatic heterocycles. The first-order valence-corrected chi connectivity index (χ1v) is 17.4. The van der Waals surface area contributed by atoms with Gasteiger partial charge in [-0.2, -0.15) is 4.57 Å². The Morgan fingerprint density at radius 2 is 1.42 bits per heavy atom. The van der Waals surface area contributed by atoms with E-state index in [9.17, 15) is 18.0 Å². The van der Waals surface area contributed by atoms with Gasteiger partial charge in [-0.05, 0) is 50.0 Å². The number of nitrogens with one attached hydrogen (secondary N) is 1. The Morgan fingerprint density at radius 3 is 2.00 bits per heavy atom. The fourth-order valence-corrected chi connectivity index (χ4v) is 6.74. The summed E-state index contributed by atoms with van der Waals surface area (Å²) in [4.78, 5) is 27.1. The van der Waals surface area contributed by atoms with Gasteiger partial charge in [-0.25, -0.2) is 12.7 Å². The van der Waals surface area contributed by atoms with E-state index >= 15 is 0 Å². The maximum atomic E-state index is 14.5. The highest BCUT2D eigenvalue weighted by Gasteiger charge is 2.34. The number of sulfonamides is 1. The molecule has 4 aromatic rings. The molecular formula is C37H46N3O4S+. The van der Waals surface area contributed by atoms with E-state index in [1.807, 2.05) is 73.9 Å². The number of hydrogen-bond donors (Lipinski definition) is 1. The molecule has 0 aliphatic carbocycles. The Labute approximate surface area is 268 Å². The molecule has 0 radical (unpaired) electrons. The summed E-state index contributed by atoms with van der Waals surface area (Å²) in [5, 5.41) is 4.13. The van der Waals surface area contributed by atoms with Crippen molar-refractivity contribution in [2.24, 2.45) is 0 Å². The second-order valence-corrected chi connectivity index (χ2v) is 12.6. The first kappa shape index (κ1) is 35.3. The fraction of sp³-hybridized carbons (Fsp3) is 0.378. The van der Waals surface area contributed by atoms with Gasteiger partial charge in [-0.15, -0.1) is 6.42 Å². The zero-order valence-corrected chi connectivity index (χ0v) is 27.8. The second-order valence-electron chi connectivity index (χ2n) is 10.8. The topological polar surface area (TPSA) is 87.4 Å². The number of carbonyl (C=O) groups excluding carboxylic acids is 2. The summed E-state index contributed by atoms with van der Waals surface area (Å²) in [7, 11) is -4.24. The lowest BCUT2D eigenvalue weighted by molar-refractivity contribution is -0.632. The van der Waals surface area contributed by atoms with Crippen molar-refractivity contribution in [3.05, 3.63) is 83.9 Å². The van der Waals surface area contributed by atoms with Crippen LogP contribution in [0.3, 0.4) is 0 Å².